The fourth-order valence-electron chi connectivity index (χ4n) is 2.62. The smallest absolute Gasteiger partial charge is 0.231 e. The first kappa shape index (κ1) is 14.8. The number of hydrogen-bond donors (Lipinski definition) is 3. The number of amides is 1. The molecule has 0 heterocycles. The summed E-state index contributed by atoms with van der Waals surface area (Å²) in [6.07, 6.45) is 3.60. The van der Waals surface area contributed by atoms with Gasteiger partial charge in [-0.1, -0.05) is 32.3 Å². The zero-order valence-electron chi connectivity index (χ0n) is 11.5. The number of carbonyl (C=O) groups excluding carboxylic acids is 1. The maximum atomic E-state index is 12.2. The molecule has 5 nitrogen and oxygen atoms in total. The van der Waals surface area contributed by atoms with Gasteiger partial charge in [0.1, 0.15) is 0 Å². The molecule has 104 valence electrons. The normalized spacial score (nSPS) is 30.2. The van der Waals surface area contributed by atoms with Crippen molar-refractivity contribution in [3.05, 3.63) is 0 Å². The molecule has 4 atom stereocenters. The van der Waals surface area contributed by atoms with E-state index in [1.54, 1.807) is 0 Å². The average Bonchev–Trinajstić information content (AvgIpc) is 2.66. The second kappa shape index (κ2) is 6.61. The van der Waals surface area contributed by atoms with Gasteiger partial charge in [-0.05, 0) is 31.1 Å². The van der Waals surface area contributed by atoms with E-state index in [9.17, 15) is 4.79 Å². The molecule has 1 aliphatic rings. The highest BCUT2D eigenvalue weighted by molar-refractivity contribution is 6.02. The van der Waals surface area contributed by atoms with Crippen molar-refractivity contribution in [2.75, 3.05) is 0 Å². The van der Waals surface area contributed by atoms with Crippen LogP contribution >= 0.6 is 0 Å². The molecule has 0 bridgehead atoms. The van der Waals surface area contributed by atoms with E-state index in [1.165, 1.54) is 0 Å². The van der Waals surface area contributed by atoms with Gasteiger partial charge in [-0.15, -0.1) is 0 Å². The minimum absolute atomic E-state index is 0.00745. The second-order valence-corrected chi connectivity index (χ2v) is 5.39. The molecular formula is C13H25N3O2. The van der Waals surface area contributed by atoms with Gasteiger partial charge >= 0.3 is 0 Å². The van der Waals surface area contributed by atoms with Crippen LogP contribution in [0.1, 0.15) is 46.5 Å². The van der Waals surface area contributed by atoms with Crippen molar-refractivity contribution in [3.8, 4) is 0 Å². The molecule has 0 aromatic carbocycles. The van der Waals surface area contributed by atoms with Crippen LogP contribution in [0.3, 0.4) is 0 Å². The number of nitrogens with one attached hydrogen (secondary N) is 1. The van der Waals surface area contributed by atoms with Gasteiger partial charge in [-0.2, -0.15) is 0 Å². The SMILES string of the molecule is CCCC(C(=O)NC1CCC(C)C1C)C(N)=NO. The molecule has 0 aromatic rings. The van der Waals surface area contributed by atoms with Gasteiger partial charge in [-0.3, -0.25) is 4.79 Å². The Bertz CT molecular complexity index is 317. The molecule has 0 aromatic heterocycles. The molecule has 0 saturated heterocycles. The zero-order valence-corrected chi connectivity index (χ0v) is 11.5. The summed E-state index contributed by atoms with van der Waals surface area (Å²) in [6, 6.07) is 0.221. The number of nitrogens with two attached hydrogens (primary N) is 1. The van der Waals surface area contributed by atoms with Crippen LogP contribution in [0.5, 0.6) is 0 Å². The predicted molar refractivity (Wildman–Crippen MR) is 71.3 cm³/mol. The lowest BCUT2D eigenvalue weighted by molar-refractivity contribution is -0.124. The molecule has 1 amide bonds. The molecule has 1 fully saturated rings. The Morgan fingerprint density at radius 1 is 1.50 bits per heavy atom. The Morgan fingerprint density at radius 2 is 2.17 bits per heavy atom. The molecule has 4 N–H and O–H groups in total. The van der Waals surface area contributed by atoms with E-state index >= 15 is 0 Å². The molecular weight excluding hydrogens is 230 g/mol. The van der Waals surface area contributed by atoms with Crippen molar-refractivity contribution >= 4 is 11.7 Å². The van der Waals surface area contributed by atoms with Crippen LogP contribution in [0.25, 0.3) is 0 Å². The third-order valence-electron chi connectivity index (χ3n) is 4.16. The largest absolute Gasteiger partial charge is 0.409 e. The van der Waals surface area contributed by atoms with Gasteiger partial charge in [0.15, 0.2) is 5.84 Å². The van der Waals surface area contributed by atoms with Crippen molar-refractivity contribution < 1.29 is 10.0 Å². The first-order valence-corrected chi connectivity index (χ1v) is 6.79. The van der Waals surface area contributed by atoms with E-state index in [2.05, 4.69) is 24.3 Å². The lowest BCUT2D eigenvalue weighted by atomic mass is 9.96. The Labute approximate surface area is 109 Å². The maximum absolute atomic E-state index is 12.2. The molecule has 0 radical (unpaired) electrons. The zero-order chi connectivity index (χ0) is 13.7. The molecule has 4 unspecified atom stereocenters. The van der Waals surface area contributed by atoms with Gasteiger partial charge in [0.25, 0.3) is 0 Å². The van der Waals surface area contributed by atoms with Gasteiger partial charge < -0.3 is 16.3 Å². The average molecular weight is 255 g/mol. The van der Waals surface area contributed by atoms with Crippen LogP contribution in [-0.2, 0) is 4.79 Å². The Kier molecular flexibility index (Phi) is 5.44. The number of oxime groups is 1. The number of hydrogen-bond acceptors (Lipinski definition) is 3. The third-order valence-corrected chi connectivity index (χ3v) is 4.16. The van der Waals surface area contributed by atoms with Crippen LogP contribution in [0, 0.1) is 17.8 Å². The summed E-state index contributed by atoms with van der Waals surface area (Å²) in [5.41, 5.74) is 5.58. The van der Waals surface area contributed by atoms with Crippen LogP contribution in [0.4, 0.5) is 0 Å². The Morgan fingerprint density at radius 3 is 2.61 bits per heavy atom. The highest BCUT2D eigenvalue weighted by Gasteiger charge is 2.33. The van der Waals surface area contributed by atoms with Gasteiger partial charge in [-0.25, -0.2) is 0 Å². The van der Waals surface area contributed by atoms with E-state index in [4.69, 9.17) is 10.9 Å². The molecule has 0 aliphatic heterocycles. The van der Waals surface area contributed by atoms with Crippen molar-refractivity contribution in [2.24, 2.45) is 28.6 Å². The van der Waals surface area contributed by atoms with Crippen molar-refractivity contribution in [1.29, 1.82) is 0 Å². The van der Waals surface area contributed by atoms with Crippen molar-refractivity contribution in [3.63, 3.8) is 0 Å². The lowest BCUT2D eigenvalue weighted by Gasteiger charge is -2.22. The first-order valence-electron chi connectivity index (χ1n) is 6.79. The minimum atomic E-state index is -0.511. The lowest BCUT2D eigenvalue weighted by Crippen LogP contribution is -2.44. The molecule has 0 spiro atoms. The summed E-state index contributed by atoms with van der Waals surface area (Å²) >= 11 is 0. The Hall–Kier alpha value is -1.26. The predicted octanol–water partition coefficient (Wildman–Crippen LogP) is 1.70. The van der Waals surface area contributed by atoms with E-state index in [1.807, 2.05) is 6.92 Å². The molecule has 5 heteroatoms. The minimum Gasteiger partial charge on any atom is -0.409 e. The molecule has 1 rings (SSSR count). The third kappa shape index (κ3) is 3.37. The van der Waals surface area contributed by atoms with Crippen LogP contribution < -0.4 is 11.1 Å². The summed E-state index contributed by atoms with van der Waals surface area (Å²) in [5.74, 6) is 0.515. The highest BCUT2D eigenvalue weighted by Crippen LogP contribution is 2.31. The van der Waals surface area contributed by atoms with Crippen LogP contribution in [0.2, 0.25) is 0 Å². The van der Waals surface area contributed by atoms with Crippen LogP contribution in [0.15, 0.2) is 5.16 Å². The highest BCUT2D eigenvalue weighted by atomic mass is 16.4. The van der Waals surface area contributed by atoms with E-state index in [0.29, 0.717) is 18.3 Å². The maximum Gasteiger partial charge on any atom is 0.231 e. The summed E-state index contributed by atoms with van der Waals surface area (Å²) in [5, 5.41) is 14.7. The summed E-state index contributed by atoms with van der Waals surface area (Å²) in [6.45, 7) is 6.36. The van der Waals surface area contributed by atoms with Gasteiger partial charge in [0.2, 0.25) is 5.91 Å². The van der Waals surface area contributed by atoms with Gasteiger partial charge in [0.05, 0.1) is 5.92 Å². The number of nitrogens with zero attached hydrogens (tertiary/aromatic N) is 1. The molecule has 18 heavy (non-hydrogen) atoms. The topological polar surface area (TPSA) is 87.7 Å². The summed E-state index contributed by atoms with van der Waals surface area (Å²) in [7, 11) is 0. The van der Waals surface area contributed by atoms with Crippen LogP contribution in [-0.4, -0.2) is 23.0 Å². The van der Waals surface area contributed by atoms with Crippen molar-refractivity contribution in [2.45, 2.75) is 52.5 Å². The fraction of sp³-hybridized carbons (Fsp3) is 0.846. The van der Waals surface area contributed by atoms with Crippen molar-refractivity contribution in [1.82, 2.24) is 5.32 Å². The second-order valence-electron chi connectivity index (χ2n) is 5.39. The standard InChI is InChI=1S/C13H25N3O2/c1-4-5-10(12(14)16-18)13(17)15-11-7-6-8(2)9(11)3/h8-11,18H,4-7H2,1-3H3,(H2,14,16)(H,15,17). The molecule has 1 aliphatic carbocycles. The number of rotatable bonds is 5. The first-order chi connectivity index (χ1) is 8.51. The van der Waals surface area contributed by atoms with Gasteiger partial charge in [0, 0.05) is 6.04 Å². The summed E-state index contributed by atoms with van der Waals surface area (Å²) < 4.78 is 0. The molecule has 1 saturated carbocycles. The fourth-order valence-corrected chi connectivity index (χ4v) is 2.62. The summed E-state index contributed by atoms with van der Waals surface area (Å²) in [4.78, 5) is 12.2. The van der Waals surface area contributed by atoms with E-state index < -0.39 is 5.92 Å². The quantitative estimate of drug-likeness (QED) is 0.302. The number of amidine groups is 1. The van der Waals surface area contributed by atoms with E-state index in [-0.39, 0.29) is 17.8 Å². The monoisotopic (exact) mass is 255 g/mol. The number of carbonyl (C=O) groups is 1. The van der Waals surface area contributed by atoms with E-state index in [0.717, 1.165) is 19.3 Å². The Balaban J connectivity index is 2.62.